The lowest BCUT2D eigenvalue weighted by Crippen LogP contribution is -2.36. The van der Waals surface area contributed by atoms with E-state index < -0.39 is 52.2 Å². The Labute approximate surface area is 333 Å². The van der Waals surface area contributed by atoms with Gasteiger partial charge in [0.05, 0.1) is 0 Å². The molecule has 8 nitrogen and oxygen atoms in total. The average Bonchev–Trinajstić information content (AvgIpc) is 2.96. The van der Waals surface area contributed by atoms with Gasteiger partial charge in [-0.3, -0.25) is 19.2 Å². The number of carbonyl (C=O) groups excluding carboxylic acids is 4. The fourth-order valence-corrected chi connectivity index (χ4v) is 5.01. The largest absolute Gasteiger partial charge is 0.460 e. The number of esters is 4. The van der Waals surface area contributed by atoms with Crippen molar-refractivity contribution < 1.29 is 38.1 Å². The number of halogens is 1. The van der Waals surface area contributed by atoms with Crippen LogP contribution in [0.4, 0.5) is 0 Å². The second-order valence-electron chi connectivity index (χ2n) is 17.3. The molecule has 0 N–H and O–H groups in total. The fraction of sp³-hybridized carbons (Fsp3) is 0.818. The van der Waals surface area contributed by atoms with Crippen LogP contribution in [0.25, 0.3) is 0 Å². The standard InChI is InChI=1S/C22H38O4.C11H19Br.C11H20O4/c1-8-9-10-11-12-13-14-15-16-17-18(19(23)25-21(2,3)4)20(24)26-22(5,6)7;1-2-3-4-5-6-7-8-9-10-11-12;1-10(2,3)14-8(12)7-9(13)15-11(4,5)6/h1,18H,9-17H2,2-7H3;1H,3-11H2;7H2,1-6H3. The van der Waals surface area contributed by atoms with E-state index in [0.717, 1.165) is 50.3 Å². The Balaban J connectivity index is -0.000000781. The van der Waals surface area contributed by atoms with Crippen LogP contribution in [0.2, 0.25) is 0 Å². The van der Waals surface area contributed by atoms with Crippen LogP contribution >= 0.6 is 15.9 Å². The molecule has 0 aromatic rings. The van der Waals surface area contributed by atoms with Gasteiger partial charge in [-0.05, 0) is 109 Å². The van der Waals surface area contributed by atoms with E-state index in [0.29, 0.717) is 6.42 Å². The van der Waals surface area contributed by atoms with Crippen LogP contribution in [0.3, 0.4) is 0 Å². The molecule has 0 aromatic carbocycles. The highest BCUT2D eigenvalue weighted by molar-refractivity contribution is 9.09. The second-order valence-corrected chi connectivity index (χ2v) is 18.1. The summed E-state index contributed by atoms with van der Waals surface area (Å²) in [6.07, 6.45) is 29.2. The summed E-state index contributed by atoms with van der Waals surface area (Å²) >= 11 is 3.43. The Morgan fingerprint density at radius 2 is 0.755 bits per heavy atom. The van der Waals surface area contributed by atoms with Gasteiger partial charge in [-0.2, -0.15) is 0 Å². The lowest BCUT2D eigenvalue weighted by Gasteiger charge is -2.26. The average molecular weight is 814 g/mol. The lowest BCUT2D eigenvalue weighted by atomic mass is 9.99. The molecular weight excluding hydrogens is 736 g/mol. The van der Waals surface area contributed by atoms with Gasteiger partial charge >= 0.3 is 23.9 Å². The molecule has 53 heavy (non-hydrogen) atoms. The molecule has 0 atom stereocenters. The van der Waals surface area contributed by atoms with Crippen molar-refractivity contribution in [1.82, 2.24) is 0 Å². The van der Waals surface area contributed by atoms with Crippen molar-refractivity contribution >= 4 is 39.8 Å². The van der Waals surface area contributed by atoms with E-state index in [1.807, 2.05) is 0 Å². The van der Waals surface area contributed by atoms with Crippen LogP contribution in [0.15, 0.2) is 0 Å². The van der Waals surface area contributed by atoms with Crippen molar-refractivity contribution in [3.63, 3.8) is 0 Å². The molecule has 0 aliphatic carbocycles. The van der Waals surface area contributed by atoms with Crippen molar-refractivity contribution in [2.24, 2.45) is 5.92 Å². The molecular formula is C44H77BrO8. The highest BCUT2D eigenvalue weighted by Crippen LogP contribution is 2.22. The molecule has 0 rings (SSSR count). The van der Waals surface area contributed by atoms with Crippen molar-refractivity contribution in [2.75, 3.05) is 5.33 Å². The van der Waals surface area contributed by atoms with Crippen molar-refractivity contribution in [2.45, 2.75) is 221 Å². The van der Waals surface area contributed by atoms with Crippen molar-refractivity contribution in [1.29, 1.82) is 0 Å². The number of hydrogen-bond donors (Lipinski definition) is 0. The van der Waals surface area contributed by atoms with E-state index in [1.165, 1.54) is 57.8 Å². The topological polar surface area (TPSA) is 105 Å². The Morgan fingerprint density at radius 3 is 1.04 bits per heavy atom. The minimum atomic E-state index is -0.843. The van der Waals surface area contributed by atoms with Gasteiger partial charge in [0.15, 0.2) is 5.92 Å². The van der Waals surface area contributed by atoms with Crippen LogP contribution < -0.4 is 0 Å². The van der Waals surface area contributed by atoms with Crippen LogP contribution in [0.1, 0.15) is 199 Å². The zero-order valence-electron chi connectivity index (χ0n) is 35.8. The molecule has 0 aromatic heterocycles. The summed E-state index contributed by atoms with van der Waals surface area (Å²) in [4.78, 5) is 47.3. The van der Waals surface area contributed by atoms with E-state index >= 15 is 0 Å². The summed E-state index contributed by atoms with van der Waals surface area (Å²) in [7, 11) is 0. The molecule has 0 bridgehead atoms. The SMILES string of the molecule is C#CCCCCCCCCCBr.C#CCCCCCCCCCC(C(=O)OC(C)(C)C)C(=O)OC(C)(C)C.CC(C)(C)OC(=O)CC(=O)OC(C)(C)C. The maximum atomic E-state index is 12.4. The third-order valence-electron chi connectivity index (χ3n) is 6.78. The zero-order chi connectivity index (χ0) is 41.6. The number of carbonyl (C=O) groups is 4. The van der Waals surface area contributed by atoms with Crippen LogP contribution in [0.5, 0.6) is 0 Å². The first-order valence-electron chi connectivity index (χ1n) is 19.7. The number of hydrogen-bond acceptors (Lipinski definition) is 8. The molecule has 0 saturated heterocycles. The first kappa shape index (κ1) is 54.8. The minimum Gasteiger partial charge on any atom is -0.460 e. The van der Waals surface area contributed by atoms with Crippen LogP contribution in [-0.2, 0) is 38.1 Å². The van der Waals surface area contributed by atoms with E-state index in [1.54, 1.807) is 83.1 Å². The van der Waals surface area contributed by atoms with Gasteiger partial charge in [-0.25, -0.2) is 0 Å². The Bertz CT molecular complexity index is 1020. The molecule has 0 spiro atoms. The summed E-state index contributed by atoms with van der Waals surface area (Å²) in [6.45, 7) is 21.3. The minimum absolute atomic E-state index is 0.339. The smallest absolute Gasteiger partial charge is 0.320 e. The van der Waals surface area contributed by atoms with Gasteiger partial charge in [0, 0.05) is 18.2 Å². The molecule has 0 aliphatic rings. The van der Waals surface area contributed by atoms with E-state index in [2.05, 4.69) is 27.8 Å². The van der Waals surface area contributed by atoms with Gasteiger partial charge in [0.1, 0.15) is 28.8 Å². The van der Waals surface area contributed by atoms with Gasteiger partial charge in [-0.1, -0.05) is 86.6 Å². The second kappa shape index (κ2) is 30.8. The first-order valence-corrected chi connectivity index (χ1v) is 20.8. The molecule has 0 unspecified atom stereocenters. The Hall–Kier alpha value is -2.52. The van der Waals surface area contributed by atoms with Gasteiger partial charge in [0.2, 0.25) is 0 Å². The van der Waals surface area contributed by atoms with Gasteiger partial charge in [-0.15, -0.1) is 24.7 Å². The molecule has 0 radical (unpaired) electrons. The monoisotopic (exact) mass is 812 g/mol. The quantitative estimate of drug-likeness (QED) is 0.0282. The zero-order valence-corrected chi connectivity index (χ0v) is 37.4. The molecule has 308 valence electrons. The maximum absolute atomic E-state index is 12.4. The third-order valence-corrected chi connectivity index (χ3v) is 7.34. The first-order chi connectivity index (χ1) is 24.4. The van der Waals surface area contributed by atoms with Crippen molar-refractivity contribution in [3.05, 3.63) is 0 Å². The van der Waals surface area contributed by atoms with Crippen LogP contribution in [0, 0.1) is 30.6 Å². The fourth-order valence-electron chi connectivity index (χ4n) is 4.62. The predicted molar refractivity (Wildman–Crippen MR) is 221 cm³/mol. The number of terminal acetylenes is 2. The highest BCUT2D eigenvalue weighted by Gasteiger charge is 2.34. The normalized spacial score (nSPS) is 11.5. The number of unbranched alkanes of at least 4 members (excludes halogenated alkanes) is 14. The summed E-state index contributed by atoms with van der Waals surface area (Å²) in [6, 6.07) is 0. The van der Waals surface area contributed by atoms with Crippen molar-refractivity contribution in [3.8, 4) is 24.7 Å². The summed E-state index contributed by atoms with van der Waals surface area (Å²) in [5.41, 5.74) is -2.37. The maximum Gasteiger partial charge on any atom is 0.320 e. The number of ether oxygens (including phenoxy) is 4. The highest BCUT2D eigenvalue weighted by atomic mass is 79.9. The Morgan fingerprint density at radius 1 is 0.472 bits per heavy atom. The molecule has 0 heterocycles. The van der Waals surface area contributed by atoms with E-state index in [4.69, 9.17) is 31.8 Å². The summed E-state index contributed by atoms with van der Waals surface area (Å²) < 4.78 is 20.8. The summed E-state index contributed by atoms with van der Waals surface area (Å²) in [5, 5.41) is 1.16. The number of alkyl halides is 1. The van der Waals surface area contributed by atoms with Gasteiger partial charge < -0.3 is 18.9 Å². The van der Waals surface area contributed by atoms with E-state index in [-0.39, 0.29) is 6.42 Å². The molecule has 0 fully saturated rings. The molecule has 0 aliphatic heterocycles. The summed E-state index contributed by atoms with van der Waals surface area (Å²) in [5.74, 6) is 2.40. The van der Waals surface area contributed by atoms with E-state index in [9.17, 15) is 19.2 Å². The molecule has 9 heteroatoms. The van der Waals surface area contributed by atoms with Gasteiger partial charge in [0.25, 0.3) is 0 Å². The molecule has 0 amide bonds. The number of rotatable bonds is 21. The predicted octanol–water partition coefficient (Wildman–Crippen LogP) is 11.6. The Kier molecular flexibility index (Phi) is 31.8. The lowest BCUT2D eigenvalue weighted by molar-refractivity contribution is -0.175. The third kappa shape index (κ3) is 45.6. The van der Waals surface area contributed by atoms with Crippen LogP contribution in [-0.4, -0.2) is 51.6 Å². The molecule has 0 saturated carbocycles.